The minimum absolute atomic E-state index is 0.465. The summed E-state index contributed by atoms with van der Waals surface area (Å²) in [6, 6.07) is 0.927. The quantitative estimate of drug-likeness (QED) is 0.715. The van der Waals surface area contributed by atoms with Crippen LogP contribution in [0.2, 0.25) is 0 Å². The van der Waals surface area contributed by atoms with E-state index in [-0.39, 0.29) is 0 Å². The molecule has 1 saturated heterocycles. The molecule has 0 aromatic rings. The maximum Gasteiger partial charge on any atom is 0.0309 e. The zero-order valence-corrected chi connectivity index (χ0v) is 11.1. The van der Waals surface area contributed by atoms with E-state index in [0.29, 0.717) is 5.54 Å². The van der Waals surface area contributed by atoms with Crippen LogP contribution in [0, 0.1) is 0 Å². The Morgan fingerprint density at radius 3 is 2.56 bits per heavy atom. The van der Waals surface area contributed by atoms with Gasteiger partial charge in [-0.15, -0.1) is 0 Å². The molecule has 2 fully saturated rings. The number of hydrogen-bond acceptors (Lipinski definition) is 2. The highest BCUT2D eigenvalue weighted by Gasteiger charge is 2.38. The van der Waals surface area contributed by atoms with Crippen LogP contribution >= 0.6 is 0 Å². The zero-order chi connectivity index (χ0) is 11.4. The molecule has 16 heavy (non-hydrogen) atoms. The summed E-state index contributed by atoms with van der Waals surface area (Å²) in [5.74, 6) is 0. The maximum absolute atomic E-state index is 3.80. The van der Waals surface area contributed by atoms with Crippen molar-refractivity contribution in [3.8, 4) is 0 Å². The van der Waals surface area contributed by atoms with E-state index in [9.17, 15) is 0 Å². The van der Waals surface area contributed by atoms with Crippen molar-refractivity contribution in [1.82, 2.24) is 10.2 Å². The van der Waals surface area contributed by atoms with Gasteiger partial charge in [-0.1, -0.05) is 20.3 Å². The van der Waals surface area contributed by atoms with Gasteiger partial charge < -0.3 is 5.32 Å². The third-order valence-corrected chi connectivity index (χ3v) is 4.14. The van der Waals surface area contributed by atoms with E-state index in [1.54, 1.807) is 0 Å². The van der Waals surface area contributed by atoms with Crippen molar-refractivity contribution >= 4 is 0 Å². The molecular formula is C14H28N2. The SMILES string of the molecule is CCCN(CC1(CCC)CCCN1)C1CC1. The van der Waals surface area contributed by atoms with Crippen molar-refractivity contribution in [2.45, 2.75) is 70.4 Å². The number of hydrogen-bond donors (Lipinski definition) is 1. The minimum Gasteiger partial charge on any atom is -0.310 e. The van der Waals surface area contributed by atoms with Gasteiger partial charge in [0.25, 0.3) is 0 Å². The Bertz CT molecular complexity index is 205. The van der Waals surface area contributed by atoms with Crippen molar-refractivity contribution in [3.05, 3.63) is 0 Å². The first kappa shape index (κ1) is 12.4. The summed E-state index contributed by atoms with van der Waals surface area (Å²) in [5.41, 5.74) is 0.465. The van der Waals surface area contributed by atoms with Gasteiger partial charge in [0.2, 0.25) is 0 Å². The fraction of sp³-hybridized carbons (Fsp3) is 1.00. The number of nitrogens with zero attached hydrogens (tertiary/aromatic N) is 1. The van der Waals surface area contributed by atoms with Gasteiger partial charge in [-0.3, -0.25) is 4.90 Å². The van der Waals surface area contributed by atoms with Gasteiger partial charge in [0.15, 0.2) is 0 Å². The first-order valence-corrected chi connectivity index (χ1v) is 7.29. The van der Waals surface area contributed by atoms with Gasteiger partial charge in [-0.05, 0) is 51.6 Å². The molecule has 0 aromatic heterocycles. The molecule has 0 radical (unpaired) electrons. The molecule has 2 nitrogen and oxygen atoms in total. The third kappa shape index (κ3) is 2.98. The van der Waals surface area contributed by atoms with E-state index in [0.717, 1.165) is 6.04 Å². The molecular weight excluding hydrogens is 196 g/mol. The highest BCUT2D eigenvalue weighted by atomic mass is 15.2. The van der Waals surface area contributed by atoms with E-state index in [1.165, 1.54) is 64.6 Å². The van der Waals surface area contributed by atoms with Crippen LogP contribution in [-0.4, -0.2) is 36.1 Å². The molecule has 1 atom stereocenters. The zero-order valence-electron chi connectivity index (χ0n) is 11.1. The van der Waals surface area contributed by atoms with Crippen molar-refractivity contribution in [2.24, 2.45) is 0 Å². The lowest BCUT2D eigenvalue weighted by atomic mass is 9.91. The smallest absolute Gasteiger partial charge is 0.0309 e. The molecule has 2 heteroatoms. The van der Waals surface area contributed by atoms with Gasteiger partial charge in [0.05, 0.1) is 0 Å². The molecule has 0 spiro atoms. The molecule has 94 valence electrons. The average Bonchev–Trinajstić information content (AvgIpc) is 3.02. The van der Waals surface area contributed by atoms with E-state index in [1.807, 2.05) is 0 Å². The molecule has 1 aliphatic carbocycles. The summed E-state index contributed by atoms with van der Waals surface area (Å²) in [7, 11) is 0. The molecule has 1 heterocycles. The Kier molecular flexibility index (Phi) is 4.26. The Labute approximate surface area is 101 Å². The Morgan fingerprint density at radius 1 is 1.25 bits per heavy atom. The monoisotopic (exact) mass is 224 g/mol. The third-order valence-electron chi connectivity index (χ3n) is 4.14. The van der Waals surface area contributed by atoms with Crippen LogP contribution in [0.25, 0.3) is 0 Å². The van der Waals surface area contributed by atoms with Crippen LogP contribution in [0.15, 0.2) is 0 Å². The molecule has 1 unspecified atom stereocenters. The summed E-state index contributed by atoms with van der Waals surface area (Å²) in [6.45, 7) is 8.48. The lowest BCUT2D eigenvalue weighted by Crippen LogP contribution is -2.50. The average molecular weight is 224 g/mol. The van der Waals surface area contributed by atoms with Crippen molar-refractivity contribution in [3.63, 3.8) is 0 Å². The normalized spacial score (nSPS) is 30.2. The highest BCUT2D eigenvalue weighted by Crippen LogP contribution is 2.32. The van der Waals surface area contributed by atoms with Gasteiger partial charge in [-0.2, -0.15) is 0 Å². The van der Waals surface area contributed by atoms with Crippen LogP contribution < -0.4 is 5.32 Å². The van der Waals surface area contributed by atoms with Gasteiger partial charge in [-0.25, -0.2) is 0 Å². The summed E-state index contributed by atoms with van der Waals surface area (Å²) in [4.78, 5) is 2.76. The molecule has 1 N–H and O–H groups in total. The fourth-order valence-corrected chi connectivity index (χ4v) is 3.28. The Hall–Kier alpha value is -0.0800. The van der Waals surface area contributed by atoms with E-state index >= 15 is 0 Å². The molecule has 1 saturated carbocycles. The second-order valence-electron chi connectivity index (χ2n) is 5.76. The lowest BCUT2D eigenvalue weighted by molar-refractivity contribution is 0.175. The minimum atomic E-state index is 0.465. The van der Waals surface area contributed by atoms with Crippen molar-refractivity contribution < 1.29 is 0 Å². The molecule has 0 amide bonds. The van der Waals surface area contributed by atoms with E-state index < -0.39 is 0 Å². The Balaban J connectivity index is 1.91. The molecule has 0 aromatic carbocycles. The van der Waals surface area contributed by atoms with Crippen LogP contribution in [0.3, 0.4) is 0 Å². The number of nitrogens with one attached hydrogen (secondary N) is 1. The second-order valence-corrected chi connectivity index (χ2v) is 5.76. The predicted molar refractivity (Wildman–Crippen MR) is 69.8 cm³/mol. The standard InChI is InChI=1S/C14H28N2/c1-3-8-14(9-5-10-15-14)12-16(11-4-2)13-6-7-13/h13,15H,3-12H2,1-2H3. The van der Waals surface area contributed by atoms with E-state index in [2.05, 4.69) is 24.1 Å². The second kappa shape index (κ2) is 5.50. The van der Waals surface area contributed by atoms with E-state index in [4.69, 9.17) is 0 Å². The van der Waals surface area contributed by atoms with Crippen LogP contribution in [0.5, 0.6) is 0 Å². The molecule has 0 bridgehead atoms. The summed E-state index contributed by atoms with van der Waals surface area (Å²) >= 11 is 0. The predicted octanol–water partition coefficient (Wildman–Crippen LogP) is 2.78. The van der Waals surface area contributed by atoms with Crippen molar-refractivity contribution in [2.75, 3.05) is 19.6 Å². The van der Waals surface area contributed by atoms with Crippen molar-refractivity contribution in [1.29, 1.82) is 0 Å². The fourth-order valence-electron chi connectivity index (χ4n) is 3.28. The van der Waals surface area contributed by atoms with Crippen LogP contribution in [0.1, 0.15) is 58.8 Å². The number of rotatable bonds is 7. The first-order chi connectivity index (χ1) is 7.79. The first-order valence-electron chi connectivity index (χ1n) is 7.29. The van der Waals surface area contributed by atoms with Crippen LogP contribution in [-0.2, 0) is 0 Å². The highest BCUT2D eigenvalue weighted by molar-refractivity contribution is 4.98. The summed E-state index contributed by atoms with van der Waals surface area (Å²) in [6.07, 6.45) is 9.65. The van der Waals surface area contributed by atoms with Gasteiger partial charge in [0.1, 0.15) is 0 Å². The van der Waals surface area contributed by atoms with Gasteiger partial charge >= 0.3 is 0 Å². The Morgan fingerprint density at radius 2 is 2.06 bits per heavy atom. The summed E-state index contributed by atoms with van der Waals surface area (Å²) < 4.78 is 0. The topological polar surface area (TPSA) is 15.3 Å². The maximum atomic E-state index is 3.80. The molecule has 2 aliphatic rings. The largest absolute Gasteiger partial charge is 0.310 e. The van der Waals surface area contributed by atoms with Crippen LogP contribution in [0.4, 0.5) is 0 Å². The molecule has 1 aliphatic heterocycles. The summed E-state index contributed by atoms with van der Waals surface area (Å²) in [5, 5.41) is 3.80. The van der Waals surface area contributed by atoms with Gasteiger partial charge in [0, 0.05) is 18.1 Å². The molecule has 2 rings (SSSR count). The lowest BCUT2D eigenvalue weighted by Gasteiger charge is -2.36.